The third kappa shape index (κ3) is 4.94. The standard InChI is InChI=1S/C13H20N2O/c1-11(2)10-14-9-5-7-12-6-4-8-13(15-12)16-3/h4-8,11,14H,9-10H2,1-3H3/b7-5+. The maximum Gasteiger partial charge on any atom is 0.213 e. The van der Waals surface area contributed by atoms with Crippen LogP contribution in [0.25, 0.3) is 6.08 Å². The van der Waals surface area contributed by atoms with Gasteiger partial charge in [0.2, 0.25) is 5.88 Å². The molecular weight excluding hydrogens is 200 g/mol. The highest BCUT2D eigenvalue weighted by Gasteiger charge is 1.93. The fourth-order valence-corrected chi connectivity index (χ4v) is 1.27. The van der Waals surface area contributed by atoms with E-state index in [1.165, 1.54) is 0 Å². The second-order valence-corrected chi connectivity index (χ2v) is 4.06. The predicted molar refractivity (Wildman–Crippen MR) is 67.5 cm³/mol. The van der Waals surface area contributed by atoms with Crippen molar-refractivity contribution < 1.29 is 4.74 Å². The molecule has 0 saturated carbocycles. The van der Waals surface area contributed by atoms with E-state index in [1.807, 2.05) is 24.3 Å². The summed E-state index contributed by atoms with van der Waals surface area (Å²) < 4.78 is 5.05. The number of aromatic nitrogens is 1. The van der Waals surface area contributed by atoms with Gasteiger partial charge in [0.1, 0.15) is 0 Å². The minimum absolute atomic E-state index is 0.650. The average molecular weight is 220 g/mol. The first kappa shape index (κ1) is 12.7. The maximum atomic E-state index is 5.05. The van der Waals surface area contributed by atoms with Crippen LogP contribution in [0.2, 0.25) is 0 Å². The molecule has 0 aliphatic rings. The molecule has 1 aromatic heterocycles. The molecule has 0 aliphatic heterocycles. The van der Waals surface area contributed by atoms with Crippen LogP contribution in [0.3, 0.4) is 0 Å². The van der Waals surface area contributed by atoms with E-state index in [9.17, 15) is 0 Å². The number of nitrogens with zero attached hydrogens (tertiary/aromatic N) is 1. The van der Waals surface area contributed by atoms with Crippen LogP contribution in [0.5, 0.6) is 5.88 Å². The smallest absolute Gasteiger partial charge is 0.213 e. The van der Waals surface area contributed by atoms with Gasteiger partial charge in [0.15, 0.2) is 0 Å². The fraction of sp³-hybridized carbons (Fsp3) is 0.462. The Labute approximate surface area is 97.5 Å². The van der Waals surface area contributed by atoms with E-state index in [1.54, 1.807) is 7.11 Å². The Balaban J connectivity index is 2.37. The van der Waals surface area contributed by atoms with Gasteiger partial charge in [0.05, 0.1) is 12.8 Å². The minimum atomic E-state index is 0.650. The Morgan fingerprint density at radius 2 is 2.25 bits per heavy atom. The van der Waals surface area contributed by atoms with Crippen LogP contribution in [0.4, 0.5) is 0 Å². The number of ether oxygens (including phenoxy) is 1. The molecule has 3 heteroatoms. The number of hydrogen-bond acceptors (Lipinski definition) is 3. The van der Waals surface area contributed by atoms with Gasteiger partial charge in [-0.2, -0.15) is 0 Å². The number of rotatable bonds is 6. The van der Waals surface area contributed by atoms with Gasteiger partial charge in [-0.1, -0.05) is 26.0 Å². The molecule has 0 spiro atoms. The molecule has 0 aromatic carbocycles. The summed E-state index contributed by atoms with van der Waals surface area (Å²) in [6, 6.07) is 5.74. The van der Waals surface area contributed by atoms with Gasteiger partial charge in [-0.05, 0) is 24.6 Å². The van der Waals surface area contributed by atoms with Gasteiger partial charge >= 0.3 is 0 Å². The van der Waals surface area contributed by atoms with E-state index in [-0.39, 0.29) is 0 Å². The zero-order valence-corrected chi connectivity index (χ0v) is 10.2. The second kappa shape index (κ2) is 7.01. The first-order valence-electron chi connectivity index (χ1n) is 5.60. The molecule has 1 heterocycles. The molecule has 0 unspecified atom stereocenters. The molecule has 0 radical (unpaired) electrons. The lowest BCUT2D eigenvalue weighted by Crippen LogP contribution is -2.19. The first-order chi connectivity index (χ1) is 7.72. The zero-order chi connectivity index (χ0) is 11.8. The van der Waals surface area contributed by atoms with Crippen molar-refractivity contribution >= 4 is 6.08 Å². The number of nitrogens with one attached hydrogen (secondary N) is 1. The van der Waals surface area contributed by atoms with Crippen molar-refractivity contribution in [3.05, 3.63) is 30.0 Å². The molecule has 0 aliphatic carbocycles. The van der Waals surface area contributed by atoms with Crippen molar-refractivity contribution in [3.63, 3.8) is 0 Å². The molecule has 0 bridgehead atoms. The van der Waals surface area contributed by atoms with E-state index in [4.69, 9.17) is 4.74 Å². The molecule has 3 nitrogen and oxygen atoms in total. The molecule has 88 valence electrons. The summed E-state index contributed by atoms with van der Waals surface area (Å²) in [5.41, 5.74) is 0.922. The lowest BCUT2D eigenvalue weighted by Gasteiger charge is -2.03. The van der Waals surface area contributed by atoms with Crippen LogP contribution >= 0.6 is 0 Å². The minimum Gasteiger partial charge on any atom is -0.481 e. The Bertz CT molecular complexity index is 334. The fourth-order valence-electron chi connectivity index (χ4n) is 1.27. The molecule has 0 atom stereocenters. The summed E-state index contributed by atoms with van der Waals surface area (Å²) in [6.45, 7) is 6.30. The highest BCUT2D eigenvalue weighted by Crippen LogP contribution is 2.07. The highest BCUT2D eigenvalue weighted by molar-refractivity contribution is 5.45. The van der Waals surface area contributed by atoms with E-state index < -0.39 is 0 Å². The van der Waals surface area contributed by atoms with Crippen molar-refractivity contribution in [3.8, 4) is 5.88 Å². The highest BCUT2D eigenvalue weighted by atomic mass is 16.5. The molecule has 0 fully saturated rings. The summed E-state index contributed by atoms with van der Waals surface area (Å²) in [5.74, 6) is 1.33. The molecule has 1 N–H and O–H groups in total. The Morgan fingerprint density at radius 3 is 2.94 bits per heavy atom. The Hall–Kier alpha value is -1.35. The summed E-state index contributed by atoms with van der Waals surface area (Å²) in [6.07, 6.45) is 4.07. The Morgan fingerprint density at radius 1 is 1.44 bits per heavy atom. The van der Waals surface area contributed by atoms with Gasteiger partial charge in [0, 0.05) is 12.6 Å². The van der Waals surface area contributed by atoms with Crippen LogP contribution < -0.4 is 10.1 Å². The Kier molecular flexibility index (Phi) is 5.57. The van der Waals surface area contributed by atoms with E-state index in [2.05, 4.69) is 30.2 Å². The van der Waals surface area contributed by atoms with Gasteiger partial charge in [0.25, 0.3) is 0 Å². The average Bonchev–Trinajstić information content (AvgIpc) is 2.28. The van der Waals surface area contributed by atoms with Crippen molar-refractivity contribution in [2.75, 3.05) is 20.2 Å². The van der Waals surface area contributed by atoms with E-state index >= 15 is 0 Å². The van der Waals surface area contributed by atoms with Gasteiger partial charge < -0.3 is 10.1 Å². The van der Waals surface area contributed by atoms with E-state index in [0.717, 1.165) is 18.8 Å². The van der Waals surface area contributed by atoms with E-state index in [0.29, 0.717) is 11.8 Å². The molecule has 1 rings (SSSR count). The van der Waals surface area contributed by atoms with Crippen LogP contribution in [-0.2, 0) is 0 Å². The second-order valence-electron chi connectivity index (χ2n) is 4.06. The molecule has 0 saturated heterocycles. The predicted octanol–water partition coefficient (Wildman–Crippen LogP) is 2.35. The first-order valence-corrected chi connectivity index (χ1v) is 5.60. The van der Waals surface area contributed by atoms with Crippen LogP contribution in [-0.4, -0.2) is 25.2 Å². The maximum absolute atomic E-state index is 5.05. The van der Waals surface area contributed by atoms with Gasteiger partial charge in [-0.15, -0.1) is 0 Å². The quantitative estimate of drug-likeness (QED) is 0.747. The monoisotopic (exact) mass is 220 g/mol. The summed E-state index contributed by atoms with van der Waals surface area (Å²) in [7, 11) is 1.63. The summed E-state index contributed by atoms with van der Waals surface area (Å²) in [5, 5.41) is 3.34. The summed E-state index contributed by atoms with van der Waals surface area (Å²) >= 11 is 0. The molecule has 16 heavy (non-hydrogen) atoms. The van der Waals surface area contributed by atoms with Crippen LogP contribution in [0.15, 0.2) is 24.3 Å². The third-order valence-corrected chi connectivity index (χ3v) is 2.06. The van der Waals surface area contributed by atoms with Crippen molar-refractivity contribution in [1.82, 2.24) is 10.3 Å². The normalized spacial score (nSPS) is 11.2. The summed E-state index contributed by atoms with van der Waals surface area (Å²) in [4.78, 5) is 4.29. The van der Waals surface area contributed by atoms with Crippen LogP contribution in [0, 0.1) is 5.92 Å². The van der Waals surface area contributed by atoms with Crippen molar-refractivity contribution in [2.45, 2.75) is 13.8 Å². The molecule has 1 aromatic rings. The van der Waals surface area contributed by atoms with Crippen molar-refractivity contribution in [2.24, 2.45) is 5.92 Å². The third-order valence-electron chi connectivity index (χ3n) is 2.06. The van der Waals surface area contributed by atoms with Gasteiger partial charge in [-0.25, -0.2) is 4.98 Å². The SMILES string of the molecule is COc1cccc(/C=C/CNCC(C)C)n1. The number of hydrogen-bond donors (Lipinski definition) is 1. The van der Waals surface area contributed by atoms with Crippen LogP contribution in [0.1, 0.15) is 19.5 Å². The lowest BCUT2D eigenvalue weighted by atomic mass is 10.2. The van der Waals surface area contributed by atoms with Crippen molar-refractivity contribution in [1.29, 1.82) is 0 Å². The lowest BCUT2D eigenvalue weighted by molar-refractivity contribution is 0.397. The topological polar surface area (TPSA) is 34.1 Å². The van der Waals surface area contributed by atoms with Gasteiger partial charge in [-0.3, -0.25) is 0 Å². The number of methoxy groups -OCH3 is 1. The molecule has 0 amide bonds. The number of pyridine rings is 1. The molecular formula is C13H20N2O. The zero-order valence-electron chi connectivity index (χ0n) is 10.2. The largest absolute Gasteiger partial charge is 0.481 e.